The number of rotatable bonds is 7. The number of hydrogen-bond donors (Lipinski definition) is 2. The highest BCUT2D eigenvalue weighted by molar-refractivity contribution is 7.89. The summed E-state index contributed by atoms with van der Waals surface area (Å²) in [5, 5.41) is 9.19. The summed E-state index contributed by atoms with van der Waals surface area (Å²) in [5.74, 6) is -1.50. The van der Waals surface area contributed by atoms with E-state index in [-0.39, 0.29) is 17.5 Å². The number of aromatic nitrogens is 1. The lowest BCUT2D eigenvalue weighted by Gasteiger charge is -2.15. The molecular formula is C12H20N2O4S. The molecule has 6 nitrogen and oxygen atoms in total. The van der Waals surface area contributed by atoms with Crippen molar-refractivity contribution in [3.8, 4) is 0 Å². The molecule has 0 aliphatic rings. The van der Waals surface area contributed by atoms with Gasteiger partial charge < -0.3 is 9.67 Å². The molecule has 1 rings (SSSR count). The zero-order chi connectivity index (χ0) is 14.6. The van der Waals surface area contributed by atoms with Crippen LogP contribution in [0.15, 0.2) is 23.4 Å². The predicted octanol–water partition coefficient (Wildman–Crippen LogP) is 1.05. The van der Waals surface area contributed by atoms with Gasteiger partial charge in [-0.2, -0.15) is 0 Å². The van der Waals surface area contributed by atoms with Crippen LogP contribution in [0.25, 0.3) is 0 Å². The Bertz CT molecular complexity index is 534. The number of nitrogens with one attached hydrogen (secondary N) is 1. The van der Waals surface area contributed by atoms with Crippen LogP contribution in [0.2, 0.25) is 0 Å². The first-order valence-electron chi connectivity index (χ1n) is 6.08. The summed E-state index contributed by atoms with van der Waals surface area (Å²) in [6.45, 7) is 3.71. The first-order valence-corrected chi connectivity index (χ1v) is 7.56. The molecule has 0 aliphatic carbocycles. The maximum absolute atomic E-state index is 12.0. The van der Waals surface area contributed by atoms with Gasteiger partial charge in [-0.1, -0.05) is 13.8 Å². The molecule has 7 heteroatoms. The lowest BCUT2D eigenvalue weighted by molar-refractivity contribution is -0.142. The number of aliphatic carboxylic acids is 1. The Morgan fingerprint density at radius 1 is 1.47 bits per heavy atom. The van der Waals surface area contributed by atoms with Crippen LogP contribution in [0, 0.1) is 11.8 Å². The second kappa shape index (κ2) is 6.21. The van der Waals surface area contributed by atoms with E-state index in [4.69, 9.17) is 5.11 Å². The van der Waals surface area contributed by atoms with Crippen LogP contribution in [0.1, 0.15) is 20.3 Å². The van der Waals surface area contributed by atoms with Crippen molar-refractivity contribution in [1.82, 2.24) is 9.29 Å². The van der Waals surface area contributed by atoms with E-state index in [0.717, 1.165) is 0 Å². The van der Waals surface area contributed by atoms with Gasteiger partial charge in [0.05, 0.1) is 5.92 Å². The van der Waals surface area contributed by atoms with Gasteiger partial charge in [-0.25, -0.2) is 13.1 Å². The number of carboxylic acid groups (broad SMARTS) is 1. The average molecular weight is 288 g/mol. The molecular weight excluding hydrogens is 268 g/mol. The Morgan fingerprint density at radius 3 is 2.53 bits per heavy atom. The van der Waals surface area contributed by atoms with Crippen molar-refractivity contribution in [1.29, 1.82) is 0 Å². The molecule has 0 bridgehead atoms. The van der Waals surface area contributed by atoms with E-state index in [2.05, 4.69) is 4.72 Å². The summed E-state index contributed by atoms with van der Waals surface area (Å²) in [6.07, 6.45) is 2.06. The molecule has 0 saturated heterocycles. The molecule has 1 heterocycles. The van der Waals surface area contributed by atoms with Crippen LogP contribution >= 0.6 is 0 Å². The molecule has 0 radical (unpaired) electrons. The molecule has 19 heavy (non-hydrogen) atoms. The first-order chi connectivity index (χ1) is 8.74. The van der Waals surface area contributed by atoms with E-state index in [1.165, 1.54) is 10.6 Å². The number of aryl methyl sites for hydroxylation is 1. The van der Waals surface area contributed by atoms with E-state index >= 15 is 0 Å². The van der Waals surface area contributed by atoms with Crippen LogP contribution < -0.4 is 4.72 Å². The highest BCUT2D eigenvalue weighted by atomic mass is 32.2. The SMILES string of the molecule is CC(C)CC(CNS(=O)(=O)c1cccn1C)C(=O)O. The highest BCUT2D eigenvalue weighted by Gasteiger charge is 2.23. The quantitative estimate of drug-likeness (QED) is 0.785. The van der Waals surface area contributed by atoms with E-state index in [1.54, 1.807) is 19.3 Å². The summed E-state index contributed by atoms with van der Waals surface area (Å²) >= 11 is 0. The number of sulfonamides is 1. The van der Waals surface area contributed by atoms with Crippen molar-refractivity contribution in [2.24, 2.45) is 18.9 Å². The van der Waals surface area contributed by atoms with Crippen LogP contribution in [0.5, 0.6) is 0 Å². The summed E-state index contributed by atoms with van der Waals surface area (Å²) in [5.41, 5.74) is 0. The monoisotopic (exact) mass is 288 g/mol. The third-order valence-corrected chi connectivity index (χ3v) is 4.32. The Morgan fingerprint density at radius 2 is 2.11 bits per heavy atom. The summed E-state index contributed by atoms with van der Waals surface area (Å²) < 4.78 is 27.8. The van der Waals surface area contributed by atoms with Gasteiger partial charge in [-0.05, 0) is 24.5 Å². The molecule has 0 aromatic carbocycles. The van der Waals surface area contributed by atoms with Gasteiger partial charge in [-0.15, -0.1) is 0 Å². The third-order valence-electron chi connectivity index (χ3n) is 2.80. The summed E-state index contributed by atoms with van der Waals surface area (Å²) in [6, 6.07) is 3.10. The number of hydrogen-bond acceptors (Lipinski definition) is 3. The Hall–Kier alpha value is -1.34. The molecule has 2 N–H and O–H groups in total. The first kappa shape index (κ1) is 15.7. The smallest absolute Gasteiger partial charge is 0.307 e. The van der Waals surface area contributed by atoms with Gasteiger partial charge in [0.1, 0.15) is 5.03 Å². The Kier molecular flexibility index (Phi) is 5.13. The van der Waals surface area contributed by atoms with E-state index in [9.17, 15) is 13.2 Å². The van der Waals surface area contributed by atoms with Gasteiger partial charge in [0.2, 0.25) is 0 Å². The molecule has 0 fully saturated rings. The van der Waals surface area contributed by atoms with Crippen molar-refractivity contribution in [3.05, 3.63) is 18.3 Å². The van der Waals surface area contributed by atoms with Crippen molar-refractivity contribution >= 4 is 16.0 Å². The van der Waals surface area contributed by atoms with Gasteiger partial charge in [-0.3, -0.25) is 4.79 Å². The van der Waals surface area contributed by atoms with Crippen LogP contribution in [-0.2, 0) is 21.9 Å². The lowest BCUT2D eigenvalue weighted by Crippen LogP contribution is -2.34. The summed E-state index contributed by atoms with van der Waals surface area (Å²) in [7, 11) is -2.04. The van der Waals surface area contributed by atoms with Gasteiger partial charge in [0, 0.05) is 19.8 Å². The lowest BCUT2D eigenvalue weighted by atomic mass is 9.98. The minimum atomic E-state index is -3.66. The molecule has 0 amide bonds. The molecule has 0 saturated carbocycles. The molecule has 108 valence electrons. The number of nitrogens with zero attached hydrogens (tertiary/aromatic N) is 1. The molecule has 1 unspecified atom stereocenters. The van der Waals surface area contributed by atoms with Crippen molar-refractivity contribution in [3.63, 3.8) is 0 Å². The normalized spacial score (nSPS) is 13.7. The highest BCUT2D eigenvalue weighted by Crippen LogP contribution is 2.13. The molecule has 1 aromatic rings. The van der Waals surface area contributed by atoms with Crippen LogP contribution in [0.3, 0.4) is 0 Å². The minimum absolute atomic E-state index is 0.0962. The van der Waals surface area contributed by atoms with E-state index in [1.807, 2.05) is 13.8 Å². The fourth-order valence-corrected chi connectivity index (χ4v) is 3.12. The van der Waals surface area contributed by atoms with Crippen LogP contribution in [-0.4, -0.2) is 30.6 Å². The zero-order valence-electron chi connectivity index (χ0n) is 11.3. The van der Waals surface area contributed by atoms with Gasteiger partial charge in [0.15, 0.2) is 0 Å². The predicted molar refractivity (Wildman–Crippen MR) is 71.2 cm³/mol. The van der Waals surface area contributed by atoms with E-state index in [0.29, 0.717) is 6.42 Å². The molecule has 1 atom stereocenters. The van der Waals surface area contributed by atoms with E-state index < -0.39 is 21.9 Å². The average Bonchev–Trinajstić information content (AvgIpc) is 2.70. The fraction of sp³-hybridized carbons (Fsp3) is 0.583. The van der Waals surface area contributed by atoms with Crippen molar-refractivity contribution in [2.75, 3.05) is 6.54 Å². The second-order valence-electron chi connectivity index (χ2n) is 4.97. The number of carbonyl (C=O) groups is 1. The largest absolute Gasteiger partial charge is 0.481 e. The van der Waals surface area contributed by atoms with Crippen molar-refractivity contribution in [2.45, 2.75) is 25.3 Å². The summed E-state index contributed by atoms with van der Waals surface area (Å²) in [4.78, 5) is 11.1. The molecule has 0 aliphatic heterocycles. The van der Waals surface area contributed by atoms with Gasteiger partial charge >= 0.3 is 5.97 Å². The Balaban J connectivity index is 2.74. The third kappa shape index (κ3) is 4.36. The molecule has 0 spiro atoms. The minimum Gasteiger partial charge on any atom is -0.481 e. The number of carboxylic acids is 1. The maximum Gasteiger partial charge on any atom is 0.307 e. The zero-order valence-corrected chi connectivity index (χ0v) is 12.1. The maximum atomic E-state index is 12.0. The van der Waals surface area contributed by atoms with Crippen LogP contribution in [0.4, 0.5) is 0 Å². The second-order valence-corrected chi connectivity index (χ2v) is 6.69. The topological polar surface area (TPSA) is 88.4 Å². The molecule has 1 aromatic heterocycles. The standard InChI is InChI=1S/C12H20N2O4S/c1-9(2)7-10(12(15)16)8-13-19(17,18)11-5-4-6-14(11)3/h4-6,9-10,13H,7-8H2,1-3H3,(H,15,16). The van der Waals surface area contributed by atoms with Crippen molar-refractivity contribution < 1.29 is 18.3 Å². The fourth-order valence-electron chi connectivity index (χ4n) is 1.85. The van der Waals surface area contributed by atoms with Gasteiger partial charge in [0.25, 0.3) is 10.0 Å². The Labute approximate surface area is 113 Å².